The van der Waals surface area contributed by atoms with E-state index in [-0.39, 0.29) is 22.7 Å². The monoisotopic (exact) mass is 242 g/mol. The summed E-state index contributed by atoms with van der Waals surface area (Å²) in [7, 11) is 0. The van der Waals surface area contributed by atoms with E-state index >= 15 is 0 Å². The summed E-state index contributed by atoms with van der Waals surface area (Å²) < 4.78 is 37.0. The smallest absolute Gasteiger partial charge is 0.161 e. The Balaban J connectivity index is 0.00000121. The van der Waals surface area contributed by atoms with Crippen LogP contribution < -0.4 is 11.3 Å². The van der Waals surface area contributed by atoms with Gasteiger partial charge < -0.3 is 5.43 Å². The van der Waals surface area contributed by atoms with Gasteiger partial charge in [-0.3, -0.25) is 5.84 Å². The molecule has 0 spiro atoms. The van der Waals surface area contributed by atoms with Gasteiger partial charge in [0.1, 0.15) is 0 Å². The molecular formula is C6H6BrF3N2. The van der Waals surface area contributed by atoms with Crippen LogP contribution in [0.15, 0.2) is 12.1 Å². The molecule has 0 aliphatic carbocycles. The first-order valence-corrected chi connectivity index (χ1v) is 2.76. The Morgan fingerprint density at radius 1 is 1.00 bits per heavy atom. The van der Waals surface area contributed by atoms with Crippen molar-refractivity contribution in [1.82, 2.24) is 0 Å². The molecule has 6 heteroatoms. The second-order valence-electron chi connectivity index (χ2n) is 1.89. The highest BCUT2D eigenvalue weighted by atomic mass is 79.9. The highest BCUT2D eigenvalue weighted by molar-refractivity contribution is 8.93. The second-order valence-corrected chi connectivity index (χ2v) is 1.89. The Kier molecular flexibility index (Phi) is 4.05. The quantitative estimate of drug-likeness (QED) is 0.449. The molecule has 3 N–H and O–H groups in total. The Hall–Kier alpha value is -0.750. The minimum absolute atomic E-state index is 0. The number of hydrogen-bond acceptors (Lipinski definition) is 2. The van der Waals surface area contributed by atoms with E-state index in [1.165, 1.54) is 0 Å². The molecule has 0 saturated heterocycles. The van der Waals surface area contributed by atoms with Crippen LogP contribution in [0.25, 0.3) is 0 Å². The van der Waals surface area contributed by atoms with Gasteiger partial charge in [-0.1, -0.05) is 0 Å². The van der Waals surface area contributed by atoms with Crippen LogP contribution in [0.1, 0.15) is 0 Å². The largest absolute Gasteiger partial charge is 0.321 e. The Labute approximate surface area is 77.3 Å². The van der Waals surface area contributed by atoms with Gasteiger partial charge >= 0.3 is 0 Å². The number of rotatable bonds is 1. The fourth-order valence-corrected chi connectivity index (χ4v) is 0.633. The van der Waals surface area contributed by atoms with Crippen LogP contribution in [0.2, 0.25) is 0 Å². The summed E-state index contributed by atoms with van der Waals surface area (Å²) in [5, 5.41) is 0. The van der Waals surface area contributed by atoms with Crippen LogP contribution in [-0.2, 0) is 0 Å². The zero-order valence-corrected chi connectivity index (χ0v) is 7.49. The number of anilines is 1. The average molecular weight is 243 g/mol. The third kappa shape index (κ3) is 2.12. The highest BCUT2D eigenvalue weighted by Crippen LogP contribution is 2.16. The predicted molar refractivity (Wildman–Crippen MR) is 44.4 cm³/mol. The summed E-state index contributed by atoms with van der Waals surface area (Å²) in [4.78, 5) is 0. The molecule has 0 amide bonds. The molecule has 0 fully saturated rings. The van der Waals surface area contributed by atoms with Gasteiger partial charge in [-0.25, -0.2) is 13.2 Å². The SMILES string of the molecule is Br.NNc1cc(F)c(F)cc1F. The number of nitrogens with two attached hydrogens (primary N) is 1. The summed E-state index contributed by atoms with van der Waals surface area (Å²) in [6, 6.07) is 1.06. The van der Waals surface area contributed by atoms with Crippen molar-refractivity contribution in [1.29, 1.82) is 0 Å². The maximum absolute atomic E-state index is 12.5. The molecule has 0 aliphatic rings. The first kappa shape index (κ1) is 11.2. The van der Waals surface area contributed by atoms with Crippen LogP contribution in [0.5, 0.6) is 0 Å². The number of benzene rings is 1. The topological polar surface area (TPSA) is 38.0 Å². The van der Waals surface area contributed by atoms with Gasteiger partial charge in [0, 0.05) is 12.1 Å². The minimum Gasteiger partial charge on any atom is -0.321 e. The van der Waals surface area contributed by atoms with Gasteiger partial charge in [-0.2, -0.15) is 0 Å². The Morgan fingerprint density at radius 3 is 2.00 bits per heavy atom. The molecule has 1 rings (SSSR count). The van der Waals surface area contributed by atoms with E-state index in [1.54, 1.807) is 0 Å². The van der Waals surface area contributed by atoms with Crippen molar-refractivity contribution in [2.45, 2.75) is 0 Å². The fraction of sp³-hybridized carbons (Fsp3) is 0. The van der Waals surface area contributed by atoms with Crippen molar-refractivity contribution in [2.75, 3.05) is 5.43 Å². The molecule has 0 heterocycles. The summed E-state index contributed by atoms with van der Waals surface area (Å²) in [5.74, 6) is 1.49. The lowest BCUT2D eigenvalue weighted by molar-refractivity contribution is 0.496. The first-order chi connectivity index (χ1) is 5.15. The van der Waals surface area contributed by atoms with Gasteiger partial charge in [0.15, 0.2) is 17.5 Å². The lowest BCUT2D eigenvalue weighted by atomic mass is 10.3. The second kappa shape index (κ2) is 4.32. The molecule has 2 nitrogen and oxygen atoms in total. The van der Waals surface area contributed by atoms with Crippen LogP contribution in [0.3, 0.4) is 0 Å². The van der Waals surface area contributed by atoms with Gasteiger partial charge in [0.2, 0.25) is 0 Å². The molecule has 0 aliphatic heterocycles. The molecule has 12 heavy (non-hydrogen) atoms. The summed E-state index contributed by atoms with van der Waals surface area (Å²) in [5.41, 5.74) is 1.61. The molecule has 0 unspecified atom stereocenters. The zero-order chi connectivity index (χ0) is 8.43. The Morgan fingerprint density at radius 2 is 1.50 bits per heavy atom. The maximum atomic E-state index is 12.5. The number of hydrogen-bond donors (Lipinski definition) is 2. The van der Waals surface area contributed by atoms with Crippen molar-refractivity contribution >= 4 is 22.7 Å². The zero-order valence-electron chi connectivity index (χ0n) is 5.77. The molecule has 0 atom stereocenters. The summed E-state index contributed by atoms with van der Waals surface area (Å²) >= 11 is 0. The van der Waals surface area contributed by atoms with Crippen molar-refractivity contribution in [3.05, 3.63) is 29.6 Å². The number of halogens is 4. The van der Waals surface area contributed by atoms with E-state index in [0.717, 1.165) is 0 Å². The van der Waals surface area contributed by atoms with E-state index in [1.807, 2.05) is 5.43 Å². The third-order valence-electron chi connectivity index (χ3n) is 1.17. The fourth-order valence-electron chi connectivity index (χ4n) is 0.633. The molecule has 1 aromatic rings. The third-order valence-corrected chi connectivity index (χ3v) is 1.17. The minimum atomic E-state index is -1.23. The molecule has 0 saturated carbocycles. The van der Waals surface area contributed by atoms with Gasteiger partial charge in [0.25, 0.3) is 0 Å². The van der Waals surface area contributed by atoms with E-state index in [9.17, 15) is 13.2 Å². The van der Waals surface area contributed by atoms with Gasteiger partial charge in [0.05, 0.1) is 5.69 Å². The van der Waals surface area contributed by atoms with E-state index in [0.29, 0.717) is 12.1 Å². The first-order valence-electron chi connectivity index (χ1n) is 2.76. The number of nitrogen functional groups attached to an aromatic ring is 1. The van der Waals surface area contributed by atoms with Crippen LogP contribution in [0.4, 0.5) is 18.9 Å². The molecule has 0 bridgehead atoms. The molecular weight excluding hydrogens is 237 g/mol. The van der Waals surface area contributed by atoms with Crippen LogP contribution in [-0.4, -0.2) is 0 Å². The van der Waals surface area contributed by atoms with E-state index in [4.69, 9.17) is 5.84 Å². The predicted octanol–water partition coefficient (Wildman–Crippen LogP) is 1.97. The Bertz CT molecular complexity index is 280. The van der Waals surface area contributed by atoms with Crippen molar-refractivity contribution in [2.24, 2.45) is 5.84 Å². The van der Waals surface area contributed by atoms with Crippen LogP contribution >= 0.6 is 17.0 Å². The standard InChI is InChI=1S/C6H5F3N2.BrH/c7-3-1-5(9)6(11-10)2-4(3)8;/h1-2,11H,10H2;1H. The molecule has 1 aromatic carbocycles. The normalized spacial score (nSPS) is 9.00. The lowest BCUT2D eigenvalue weighted by Gasteiger charge is -2.01. The summed E-state index contributed by atoms with van der Waals surface area (Å²) in [6.45, 7) is 0. The molecule has 68 valence electrons. The van der Waals surface area contributed by atoms with Gasteiger partial charge in [-0.15, -0.1) is 17.0 Å². The maximum Gasteiger partial charge on any atom is 0.161 e. The summed E-state index contributed by atoms with van der Waals surface area (Å²) in [6.07, 6.45) is 0. The lowest BCUT2D eigenvalue weighted by Crippen LogP contribution is -2.09. The van der Waals surface area contributed by atoms with E-state index in [2.05, 4.69) is 0 Å². The van der Waals surface area contributed by atoms with E-state index < -0.39 is 17.5 Å². The highest BCUT2D eigenvalue weighted by Gasteiger charge is 2.07. The number of hydrazine groups is 1. The average Bonchev–Trinajstić information content (AvgIpc) is 1.97. The van der Waals surface area contributed by atoms with Crippen LogP contribution in [0, 0.1) is 17.5 Å². The molecule has 0 radical (unpaired) electrons. The van der Waals surface area contributed by atoms with Crippen molar-refractivity contribution in [3.8, 4) is 0 Å². The molecule has 0 aromatic heterocycles. The van der Waals surface area contributed by atoms with Gasteiger partial charge in [-0.05, 0) is 0 Å². The van der Waals surface area contributed by atoms with Crippen molar-refractivity contribution in [3.63, 3.8) is 0 Å². The van der Waals surface area contributed by atoms with Crippen molar-refractivity contribution < 1.29 is 13.2 Å². The number of nitrogens with one attached hydrogen (secondary N) is 1.